The van der Waals surface area contributed by atoms with E-state index in [9.17, 15) is 4.79 Å². The van der Waals surface area contributed by atoms with E-state index in [0.29, 0.717) is 11.6 Å². The fourth-order valence-corrected chi connectivity index (χ4v) is 2.27. The summed E-state index contributed by atoms with van der Waals surface area (Å²) < 4.78 is 1.49. The van der Waals surface area contributed by atoms with Crippen molar-refractivity contribution in [3.63, 3.8) is 0 Å². The molecule has 6 nitrogen and oxygen atoms in total. The van der Waals surface area contributed by atoms with E-state index >= 15 is 0 Å². The number of hydrogen-bond acceptors (Lipinski definition) is 4. The minimum absolute atomic E-state index is 0.00565. The summed E-state index contributed by atoms with van der Waals surface area (Å²) in [5.74, 6) is 1.05. The van der Waals surface area contributed by atoms with Crippen molar-refractivity contribution in [1.29, 1.82) is 0 Å². The quantitative estimate of drug-likeness (QED) is 0.692. The van der Waals surface area contributed by atoms with Gasteiger partial charge in [0.05, 0.1) is 12.2 Å². The van der Waals surface area contributed by atoms with E-state index in [1.165, 1.54) is 4.40 Å². The summed E-state index contributed by atoms with van der Waals surface area (Å²) in [5.41, 5.74) is 7.28. The monoisotopic (exact) mass is 219 g/mol. The highest BCUT2D eigenvalue weighted by Gasteiger charge is 2.18. The van der Waals surface area contributed by atoms with Gasteiger partial charge >= 0.3 is 0 Å². The lowest BCUT2D eigenvalue weighted by molar-refractivity contribution is 0.654. The van der Waals surface area contributed by atoms with E-state index in [2.05, 4.69) is 15.2 Å². The molecule has 0 atom stereocenters. The molecule has 3 N–H and O–H groups in total. The number of aryl methyl sites for hydroxylation is 1. The van der Waals surface area contributed by atoms with Gasteiger partial charge in [-0.25, -0.2) is 14.5 Å². The van der Waals surface area contributed by atoms with Crippen LogP contribution in [0.2, 0.25) is 0 Å². The summed E-state index contributed by atoms with van der Waals surface area (Å²) in [4.78, 5) is 16.7. The van der Waals surface area contributed by atoms with Crippen LogP contribution in [0.3, 0.4) is 0 Å². The Kier molecular flexibility index (Phi) is 2.03. The summed E-state index contributed by atoms with van der Waals surface area (Å²) in [7, 11) is 0. The van der Waals surface area contributed by atoms with Gasteiger partial charge in [0.2, 0.25) is 5.78 Å². The fraction of sp³-hybridized carbons (Fsp3) is 0.500. The van der Waals surface area contributed by atoms with E-state index in [0.717, 1.165) is 36.9 Å². The zero-order chi connectivity index (χ0) is 11.1. The number of aromatic amines is 1. The SMILES string of the molecule is NCc1n[nH]c2nc3c(c(=O)n12)CCCC3. The Morgan fingerprint density at radius 2 is 2.19 bits per heavy atom. The van der Waals surface area contributed by atoms with E-state index in [1.54, 1.807) is 0 Å². The van der Waals surface area contributed by atoms with E-state index in [4.69, 9.17) is 5.73 Å². The van der Waals surface area contributed by atoms with Crippen molar-refractivity contribution in [1.82, 2.24) is 19.6 Å². The smallest absolute Gasteiger partial charge is 0.264 e. The molecule has 0 spiro atoms. The van der Waals surface area contributed by atoms with Crippen LogP contribution in [0.5, 0.6) is 0 Å². The van der Waals surface area contributed by atoms with Crippen molar-refractivity contribution in [2.24, 2.45) is 5.73 Å². The van der Waals surface area contributed by atoms with Crippen LogP contribution >= 0.6 is 0 Å². The highest BCUT2D eigenvalue weighted by Crippen LogP contribution is 2.16. The first-order valence-corrected chi connectivity index (χ1v) is 5.49. The van der Waals surface area contributed by atoms with Crippen LogP contribution in [0.4, 0.5) is 0 Å². The molecule has 16 heavy (non-hydrogen) atoms. The molecule has 0 radical (unpaired) electrons. The average Bonchev–Trinajstić information content (AvgIpc) is 2.72. The molecule has 3 rings (SSSR count). The van der Waals surface area contributed by atoms with Crippen LogP contribution in [-0.2, 0) is 19.4 Å². The van der Waals surface area contributed by atoms with Crippen LogP contribution in [0.15, 0.2) is 4.79 Å². The lowest BCUT2D eigenvalue weighted by atomic mass is 9.97. The third-order valence-corrected chi connectivity index (χ3v) is 3.08. The second-order valence-electron chi connectivity index (χ2n) is 4.05. The van der Waals surface area contributed by atoms with E-state index in [1.807, 2.05) is 0 Å². The van der Waals surface area contributed by atoms with Crippen molar-refractivity contribution in [3.8, 4) is 0 Å². The van der Waals surface area contributed by atoms with Crippen molar-refractivity contribution in [3.05, 3.63) is 27.4 Å². The molecule has 2 aromatic heterocycles. The summed E-state index contributed by atoms with van der Waals surface area (Å²) in [6.45, 7) is 0.236. The predicted molar refractivity (Wildman–Crippen MR) is 58.1 cm³/mol. The molecule has 0 saturated carbocycles. The van der Waals surface area contributed by atoms with Crippen LogP contribution < -0.4 is 11.3 Å². The summed E-state index contributed by atoms with van der Waals surface area (Å²) >= 11 is 0. The Morgan fingerprint density at radius 3 is 3.00 bits per heavy atom. The van der Waals surface area contributed by atoms with Crippen molar-refractivity contribution >= 4 is 5.78 Å². The number of fused-ring (bicyclic) bond motifs is 2. The third-order valence-electron chi connectivity index (χ3n) is 3.08. The summed E-state index contributed by atoms with van der Waals surface area (Å²) in [5, 5.41) is 6.75. The van der Waals surface area contributed by atoms with Crippen LogP contribution in [0.1, 0.15) is 29.9 Å². The van der Waals surface area contributed by atoms with Gasteiger partial charge in [0.25, 0.3) is 5.56 Å². The first-order chi connectivity index (χ1) is 7.81. The van der Waals surface area contributed by atoms with E-state index < -0.39 is 0 Å². The predicted octanol–water partition coefficient (Wildman–Crippen LogP) is -0.245. The average molecular weight is 219 g/mol. The molecular weight excluding hydrogens is 206 g/mol. The topological polar surface area (TPSA) is 89.1 Å². The number of rotatable bonds is 1. The Morgan fingerprint density at radius 1 is 1.38 bits per heavy atom. The molecule has 6 heteroatoms. The molecule has 0 aliphatic heterocycles. The summed E-state index contributed by atoms with van der Waals surface area (Å²) in [6.07, 6.45) is 3.87. The Bertz CT molecular complexity index is 597. The standard InChI is InChI=1S/C10H13N5O/c11-5-8-13-14-10-12-7-4-2-1-3-6(7)9(16)15(8)10/h1-5,11H2,(H,12,14). The molecular formula is C10H13N5O. The first kappa shape index (κ1) is 9.53. The van der Waals surface area contributed by atoms with Gasteiger partial charge in [-0.1, -0.05) is 0 Å². The Balaban J connectivity index is 2.38. The van der Waals surface area contributed by atoms with Gasteiger partial charge in [0.15, 0.2) is 5.82 Å². The molecule has 0 aromatic carbocycles. The summed E-state index contributed by atoms with van der Waals surface area (Å²) in [6, 6.07) is 0. The van der Waals surface area contributed by atoms with Crippen molar-refractivity contribution < 1.29 is 0 Å². The third kappa shape index (κ3) is 1.19. The van der Waals surface area contributed by atoms with Crippen molar-refractivity contribution in [2.45, 2.75) is 32.2 Å². The minimum Gasteiger partial charge on any atom is -0.324 e. The first-order valence-electron chi connectivity index (χ1n) is 5.49. The van der Waals surface area contributed by atoms with Crippen LogP contribution in [0, 0.1) is 0 Å². The second kappa shape index (κ2) is 3.41. The van der Waals surface area contributed by atoms with Gasteiger partial charge in [-0.15, -0.1) is 0 Å². The van der Waals surface area contributed by atoms with Crippen LogP contribution in [-0.4, -0.2) is 19.6 Å². The number of nitrogens with one attached hydrogen (secondary N) is 1. The number of aromatic nitrogens is 4. The zero-order valence-electron chi connectivity index (χ0n) is 8.86. The maximum Gasteiger partial charge on any atom is 0.264 e. The van der Waals surface area contributed by atoms with Crippen molar-refractivity contribution in [2.75, 3.05) is 0 Å². The molecule has 0 fully saturated rings. The number of hydrogen-bond donors (Lipinski definition) is 2. The van der Waals surface area contributed by atoms with Gasteiger partial charge in [0.1, 0.15) is 0 Å². The van der Waals surface area contributed by atoms with Crippen LogP contribution in [0.25, 0.3) is 5.78 Å². The molecule has 0 unspecified atom stereocenters. The lowest BCUT2D eigenvalue weighted by Crippen LogP contribution is -2.26. The van der Waals surface area contributed by atoms with Gasteiger partial charge < -0.3 is 5.73 Å². The largest absolute Gasteiger partial charge is 0.324 e. The minimum atomic E-state index is -0.00565. The number of nitrogens with zero attached hydrogens (tertiary/aromatic N) is 3. The maximum atomic E-state index is 12.2. The Labute approximate surface area is 91.5 Å². The highest BCUT2D eigenvalue weighted by molar-refractivity contribution is 5.34. The normalized spacial score (nSPS) is 15.3. The fourth-order valence-electron chi connectivity index (χ4n) is 2.27. The number of H-pyrrole nitrogens is 1. The maximum absolute atomic E-state index is 12.2. The van der Waals surface area contributed by atoms with Gasteiger partial charge in [-0.3, -0.25) is 4.79 Å². The van der Waals surface area contributed by atoms with Gasteiger partial charge in [0, 0.05) is 5.56 Å². The second-order valence-corrected chi connectivity index (χ2v) is 4.05. The molecule has 0 bridgehead atoms. The highest BCUT2D eigenvalue weighted by atomic mass is 16.1. The molecule has 1 aliphatic rings. The molecule has 84 valence electrons. The molecule has 2 heterocycles. The van der Waals surface area contributed by atoms with Gasteiger partial charge in [-0.05, 0) is 25.7 Å². The van der Waals surface area contributed by atoms with E-state index in [-0.39, 0.29) is 12.1 Å². The Hall–Kier alpha value is -1.69. The molecule has 0 amide bonds. The lowest BCUT2D eigenvalue weighted by Gasteiger charge is -2.13. The molecule has 1 aliphatic carbocycles. The molecule has 2 aromatic rings. The molecule has 0 saturated heterocycles. The number of nitrogens with two attached hydrogens (primary N) is 1. The zero-order valence-corrected chi connectivity index (χ0v) is 8.86. The van der Waals surface area contributed by atoms with Gasteiger partial charge in [-0.2, -0.15) is 5.10 Å².